The van der Waals surface area contributed by atoms with Crippen LogP contribution < -0.4 is 0 Å². The van der Waals surface area contributed by atoms with Gasteiger partial charge in [0.1, 0.15) is 18.8 Å². The van der Waals surface area contributed by atoms with Gasteiger partial charge in [0.05, 0.1) is 48.5 Å². The average molecular weight is 1380 g/mol. The van der Waals surface area contributed by atoms with Gasteiger partial charge in [0.25, 0.3) is 23.7 Å². The Balaban J connectivity index is -0.0000000212. The number of allylic oxidation sites excluding steroid dienone is 5. The molecule has 552 valence electrons. The van der Waals surface area contributed by atoms with Gasteiger partial charge in [-0.2, -0.15) is 65.9 Å². The quantitative estimate of drug-likeness (QED) is 0.0558. The first-order valence-corrected chi connectivity index (χ1v) is 18.6. The Hall–Kier alpha value is -4.98. The highest BCUT2D eigenvalue weighted by Crippen LogP contribution is 2.36. The molecule has 0 aromatic rings. The highest BCUT2D eigenvalue weighted by molar-refractivity contribution is 5.09. The standard InChI is InChI=1S/C7H11F3O.2C6H9F3O.C4H2F6.2C4H5F3.C3H3F3.3C2H4.4CH3F.10CH4.F2/c1-3-4-11-6(2)7(9,10)5-8;2*1-2-3-10-5-6(8,9)4-7;1-2(3(5,6)7)4(8,9)10;2*1-2-4(6,7)3-5;1-2-3(4,5)6;7*1-2;;;;;;;;;;;1-2/h2-5H2,1H3;2*2H,1,3-5H2;1H2;2*2H,1,3H2;2H,1H2;3*1-2H2;4*1H3;10*1H4;. The first-order valence-electron chi connectivity index (χ1n) is 18.6. The fourth-order valence-electron chi connectivity index (χ4n) is 1.34. The van der Waals surface area contributed by atoms with E-state index in [-0.39, 0.29) is 112 Å². The second kappa shape index (κ2) is 112. The summed E-state index contributed by atoms with van der Waals surface area (Å²) in [6.07, 6.45) is -11.2. The van der Waals surface area contributed by atoms with E-state index < -0.39 is 106 Å². The van der Waals surface area contributed by atoms with Crippen molar-refractivity contribution in [1.82, 2.24) is 0 Å². The molecule has 0 aromatic carbocycles. The van der Waals surface area contributed by atoms with Crippen molar-refractivity contribution in [2.45, 2.75) is 136 Å². The van der Waals surface area contributed by atoms with Gasteiger partial charge in [0.15, 0.2) is 39.1 Å². The number of hydrogen-bond acceptors (Lipinski definition) is 3. The number of hydrogen-bond donors (Lipinski definition) is 0. The van der Waals surface area contributed by atoms with E-state index in [1.54, 1.807) is 6.92 Å². The van der Waals surface area contributed by atoms with Crippen molar-refractivity contribution in [2.24, 2.45) is 0 Å². The monoisotopic (exact) mass is 1370 g/mol. The summed E-state index contributed by atoms with van der Waals surface area (Å²) >= 11 is 0. The van der Waals surface area contributed by atoms with Crippen molar-refractivity contribution < 1.29 is 146 Å². The maximum atomic E-state index is 12.3. The molecule has 0 aromatic heterocycles. The van der Waals surface area contributed by atoms with E-state index in [0.29, 0.717) is 35.1 Å². The van der Waals surface area contributed by atoms with Crippen LogP contribution in [-0.2, 0) is 14.2 Å². The molecule has 0 radical (unpaired) electrons. The molecule has 0 rings (SSSR count). The summed E-state index contributed by atoms with van der Waals surface area (Å²) in [5.41, 5.74) is -2.68. The molecule has 87 heavy (non-hydrogen) atoms. The van der Waals surface area contributed by atoms with Crippen LogP contribution in [0.25, 0.3) is 0 Å². The van der Waals surface area contributed by atoms with Gasteiger partial charge in [-0.3, -0.25) is 17.6 Å². The van der Waals surface area contributed by atoms with E-state index in [0.717, 1.165) is 0 Å². The van der Waals surface area contributed by atoms with Gasteiger partial charge in [0, 0.05) is 15.2 Å². The molecule has 0 N–H and O–H groups in total. The summed E-state index contributed by atoms with van der Waals surface area (Å²) in [6, 6.07) is 0. The molecule has 0 saturated carbocycles. The Labute approximate surface area is 503 Å². The smallest absolute Gasteiger partial charge is 0.420 e. The highest BCUT2D eigenvalue weighted by atomic mass is 20.0. The Kier molecular flexibility index (Phi) is 213. The van der Waals surface area contributed by atoms with Gasteiger partial charge in [-0.15, -0.1) is 52.6 Å². The molecular weight excluding hydrogens is 1270 g/mol. The lowest BCUT2D eigenvalue weighted by Gasteiger charge is -2.15. The van der Waals surface area contributed by atoms with Crippen molar-refractivity contribution >= 4 is 0 Å². The molecule has 0 bridgehead atoms. The first-order chi connectivity index (χ1) is 35.2. The van der Waals surface area contributed by atoms with Crippen LogP contribution in [0.3, 0.4) is 0 Å². The Morgan fingerprint density at radius 2 is 0.586 bits per heavy atom. The molecule has 0 spiro atoms. The molecule has 33 heteroatoms. The topological polar surface area (TPSA) is 27.7 Å². The summed E-state index contributed by atoms with van der Waals surface area (Å²) in [5, 5.41) is 0. The number of rotatable bonds is 19. The molecule has 0 heterocycles. The van der Waals surface area contributed by atoms with Crippen LogP contribution in [0.2, 0.25) is 0 Å². The predicted octanol–water partition coefficient (Wildman–Crippen LogP) is 26.0. The van der Waals surface area contributed by atoms with Gasteiger partial charge in [-0.25, -0.2) is 39.5 Å². The third kappa shape index (κ3) is 180. The molecular formula is C54H108F30O3. The van der Waals surface area contributed by atoms with Gasteiger partial charge >= 0.3 is 24.5 Å². The van der Waals surface area contributed by atoms with Crippen LogP contribution >= 0.6 is 0 Å². The molecule has 0 unspecified atom stereocenters. The molecule has 0 aliphatic heterocycles. The zero-order valence-electron chi connectivity index (χ0n) is 42.4. The van der Waals surface area contributed by atoms with E-state index in [4.69, 9.17) is 9.15 Å². The Morgan fingerprint density at radius 1 is 0.379 bits per heavy atom. The first kappa shape index (κ1) is 166. The maximum absolute atomic E-state index is 12.3. The summed E-state index contributed by atoms with van der Waals surface area (Å²) in [7, 11) is 2.00. The number of ether oxygens (including phenoxy) is 3. The second-order valence-electron chi connectivity index (χ2n) is 10.1. The van der Waals surface area contributed by atoms with Crippen LogP contribution in [-0.4, -0.2) is 143 Å². The molecule has 0 saturated heterocycles. The zero-order chi connectivity index (χ0) is 66.6. The van der Waals surface area contributed by atoms with Crippen molar-refractivity contribution in [1.29, 1.82) is 0 Å². The minimum absolute atomic E-state index is 0. The molecule has 0 fully saturated rings. The van der Waals surface area contributed by atoms with E-state index >= 15 is 0 Å². The van der Waals surface area contributed by atoms with E-state index in [2.05, 4.69) is 93.2 Å². The Bertz CT molecular complexity index is 1160. The van der Waals surface area contributed by atoms with Gasteiger partial charge in [-0.1, -0.05) is 126 Å². The predicted molar refractivity (Wildman–Crippen MR) is 311 cm³/mol. The van der Waals surface area contributed by atoms with Gasteiger partial charge in [-0.05, 0) is 18.6 Å². The third-order valence-corrected chi connectivity index (χ3v) is 4.41. The van der Waals surface area contributed by atoms with E-state index in [9.17, 15) is 123 Å². The highest BCUT2D eigenvalue weighted by Gasteiger charge is 2.49. The SMILES string of the molecule is C.C.C.C.C.C.C.C.C.C.C=C.C=C.C=C.C=C(C(F)(F)F)C(F)(F)F.C=C(OCCC)C(F)(F)CF.C=CC(F)(F)CF.C=CC(F)(F)CF.C=CC(F)(F)F.C=CCOCC(F)(F)CF.C=CCOCC(F)(F)CF.CF.CF.CF.CF.FF. The molecule has 3 nitrogen and oxygen atoms in total. The van der Waals surface area contributed by atoms with E-state index in [1.165, 1.54) is 12.2 Å². The van der Waals surface area contributed by atoms with E-state index in [1.807, 2.05) is 6.58 Å². The van der Waals surface area contributed by atoms with Crippen molar-refractivity contribution in [3.05, 3.63) is 127 Å². The number of alkyl halides is 28. The lowest BCUT2D eigenvalue weighted by atomic mass is 10.3. The van der Waals surface area contributed by atoms with Crippen molar-refractivity contribution in [3.63, 3.8) is 0 Å². The zero-order valence-corrected chi connectivity index (χ0v) is 42.4. The largest absolute Gasteiger partial charge is 0.492 e. The molecule has 0 atom stereocenters. The van der Waals surface area contributed by atoms with Gasteiger partial charge in [0.2, 0.25) is 0 Å². The summed E-state index contributed by atoms with van der Waals surface area (Å²) in [4.78, 5) is 0. The fourth-order valence-corrected chi connectivity index (χ4v) is 1.34. The maximum Gasteiger partial charge on any atom is 0.420 e. The fraction of sp³-hybridized carbons (Fsp3) is 0.630. The van der Waals surface area contributed by atoms with Crippen LogP contribution in [0.4, 0.5) is 132 Å². The van der Waals surface area contributed by atoms with Crippen LogP contribution in [0.15, 0.2) is 127 Å². The van der Waals surface area contributed by atoms with Gasteiger partial charge < -0.3 is 14.2 Å². The molecule has 0 aliphatic rings. The summed E-state index contributed by atoms with van der Waals surface area (Å²) < 4.78 is 340. The Morgan fingerprint density at radius 3 is 0.678 bits per heavy atom. The van der Waals surface area contributed by atoms with Crippen LogP contribution in [0.5, 0.6) is 0 Å². The van der Waals surface area contributed by atoms with Crippen LogP contribution in [0, 0.1) is 0 Å². The number of halogens is 30. The summed E-state index contributed by atoms with van der Waals surface area (Å²) in [6.45, 7) is 29.0. The second-order valence-corrected chi connectivity index (χ2v) is 10.1. The minimum Gasteiger partial charge on any atom is -0.492 e. The lowest BCUT2D eigenvalue weighted by Crippen LogP contribution is -2.25. The lowest BCUT2D eigenvalue weighted by molar-refractivity contribution is -0.171. The van der Waals surface area contributed by atoms with Crippen LogP contribution in [0.1, 0.15) is 87.6 Å². The minimum atomic E-state index is -5.38. The van der Waals surface area contributed by atoms with Crippen molar-refractivity contribution in [3.8, 4) is 0 Å². The normalized spacial score (nSPS) is 8.68. The average Bonchev–Trinajstić information content (AvgIpc) is 3.42. The molecule has 0 amide bonds. The summed E-state index contributed by atoms with van der Waals surface area (Å²) in [5.74, 6) is -17.6. The van der Waals surface area contributed by atoms with Crippen molar-refractivity contribution in [2.75, 3.05) is 95.1 Å². The third-order valence-electron chi connectivity index (χ3n) is 4.41. The molecule has 0 aliphatic carbocycles.